The number of H-pyrrole nitrogens is 1. The van der Waals surface area contributed by atoms with Crippen LogP contribution in [0.3, 0.4) is 0 Å². The second-order valence-electron chi connectivity index (χ2n) is 9.00. The number of ketones is 2. The summed E-state index contributed by atoms with van der Waals surface area (Å²) in [6, 6.07) is 15.4. The highest BCUT2D eigenvalue weighted by Gasteiger charge is 2.47. The molecule has 1 saturated carbocycles. The molecule has 0 spiro atoms. The Bertz CT molecular complexity index is 1650. The first-order chi connectivity index (χ1) is 16.8. The van der Waals surface area contributed by atoms with Crippen LogP contribution in [0.2, 0.25) is 0 Å². The summed E-state index contributed by atoms with van der Waals surface area (Å²) in [6.45, 7) is 12.0. The van der Waals surface area contributed by atoms with E-state index in [9.17, 15) is 14.4 Å². The molecule has 1 fully saturated rings. The molecule has 0 aliphatic heterocycles. The summed E-state index contributed by atoms with van der Waals surface area (Å²) in [7, 11) is 0. The number of ether oxygens (including phenoxy) is 1. The zero-order valence-corrected chi connectivity index (χ0v) is 19.8. The van der Waals surface area contributed by atoms with Crippen LogP contribution in [0.5, 0.6) is 0 Å². The average Bonchev–Trinajstić information content (AvgIpc) is 3.31. The van der Waals surface area contributed by atoms with Crippen LogP contribution in [0.1, 0.15) is 30.5 Å². The Labute approximate surface area is 202 Å². The summed E-state index contributed by atoms with van der Waals surface area (Å²) in [4.78, 5) is 41.8. The van der Waals surface area contributed by atoms with Crippen LogP contribution in [-0.4, -0.2) is 33.7 Å². The Hall–Kier alpha value is -4.19. The third-order valence-electron chi connectivity index (χ3n) is 6.73. The molecule has 0 radical (unpaired) electrons. The normalized spacial score (nSPS) is 15.6. The van der Waals surface area contributed by atoms with Gasteiger partial charge in [-0.15, -0.1) is 0 Å². The first-order valence-corrected chi connectivity index (χ1v) is 11.6. The van der Waals surface area contributed by atoms with Crippen LogP contribution >= 0.6 is 0 Å². The first-order valence-electron chi connectivity index (χ1n) is 11.6. The molecule has 1 N–H and O–H groups in total. The van der Waals surface area contributed by atoms with E-state index in [1.54, 1.807) is 6.92 Å². The molecule has 6 nitrogen and oxygen atoms in total. The van der Waals surface area contributed by atoms with Crippen LogP contribution in [0.4, 0.5) is 0 Å². The van der Waals surface area contributed by atoms with Crippen LogP contribution < -0.4 is 10.6 Å². The van der Waals surface area contributed by atoms with Crippen LogP contribution in [-0.2, 0) is 25.7 Å². The van der Waals surface area contributed by atoms with Gasteiger partial charge in [0.1, 0.15) is 5.92 Å². The van der Waals surface area contributed by atoms with Crippen LogP contribution in [0.25, 0.3) is 34.0 Å². The predicted octanol–water partition coefficient (Wildman–Crippen LogP) is 3.44. The van der Waals surface area contributed by atoms with Crippen molar-refractivity contribution < 1.29 is 19.1 Å². The lowest BCUT2D eigenvalue weighted by molar-refractivity contribution is -0.139. The number of carbonyl (C=O) groups excluding carboxylic acids is 3. The van der Waals surface area contributed by atoms with E-state index in [1.807, 2.05) is 55.5 Å². The number of Topliss-reactive ketones (excluding diaryl/α,β-unsaturated/α-hetero) is 2. The Morgan fingerprint density at radius 2 is 1.71 bits per heavy atom. The molecule has 6 heteroatoms. The topological polar surface area (TPSA) is 81.2 Å². The lowest BCUT2D eigenvalue weighted by atomic mass is 9.71. The van der Waals surface area contributed by atoms with E-state index < -0.39 is 11.9 Å². The van der Waals surface area contributed by atoms with Crippen LogP contribution in [0, 0.1) is 6.92 Å². The maximum atomic E-state index is 13.5. The fraction of sp³-hybridized carbons (Fsp3) is 0.207. The molecule has 35 heavy (non-hydrogen) atoms. The predicted molar refractivity (Wildman–Crippen MR) is 136 cm³/mol. The second kappa shape index (κ2) is 8.55. The van der Waals surface area contributed by atoms with E-state index in [1.165, 1.54) is 0 Å². The van der Waals surface area contributed by atoms with Crippen LogP contribution in [0.15, 0.2) is 60.7 Å². The van der Waals surface area contributed by atoms with Crippen molar-refractivity contribution in [3.8, 4) is 0 Å². The van der Waals surface area contributed by atoms with Crippen molar-refractivity contribution in [2.75, 3.05) is 6.61 Å². The average molecular weight is 467 g/mol. The van der Waals surface area contributed by atoms with E-state index in [2.05, 4.69) is 22.7 Å². The SMILES string of the molecule is C=C(C)C(=O)OCCCn1c(C)c(C2C(=O)C(=c3c(=C)[nH]c4ccccc34)C2=O)c2ccccc21. The van der Waals surface area contributed by atoms with Crippen molar-refractivity contribution in [1.29, 1.82) is 0 Å². The highest BCUT2D eigenvalue weighted by atomic mass is 16.5. The number of aromatic amines is 1. The number of nitrogens with zero attached hydrogens (tertiary/aromatic N) is 1. The lowest BCUT2D eigenvalue weighted by Crippen LogP contribution is -2.44. The molecule has 0 unspecified atom stereocenters. The molecule has 0 bridgehead atoms. The molecular weight excluding hydrogens is 440 g/mol. The minimum Gasteiger partial charge on any atom is -0.462 e. The maximum absolute atomic E-state index is 13.5. The molecule has 0 saturated heterocycles. The molecule has 1 aliphatic carbocycles. The Kier molecular flexibility index (Phi) is 5.52. The molecule has 5 rings (SSSR count). The minimum absolute atomic E-state index is 0.175. The van der Waals surface area contributed by atoms with Gasteiger partial charge in [-0.3, -0.25) is 9.59 Å². The van der Waals surface area contributed by atoms with E-state index in [0.29, 0.717) is 29.1 Å². The van der Waals surface area contributed by atoms with Gasteiger partial charge in [0, 0.05) is 50.2 Å². The lowest BCUT2D eigenvalue weighted by Gasteiger charge is -2.26. The smallest absolute Gasteiger partial charge is 0.333 e. The number of carbonyl (C=O) groups is 3. The highest BCUT2D eigenvalue weighted by molar-refractivity contribution is 6.59. The number of aryl methyl sites for hydroxylation is 1. The monoisotopic (exact) mass is 466 g/mol. The molecule has 176 valence electrons. The van der Waals surface area contributed by atoms with E-state index >= 15 is 0 Å². The van der Waals surface area contributed by atoms with E-state index in [-0.39, 0.29) is 23.7 Å². The molecule has 4 aromatic rings. The minimum atomic E-state index is -0.828. The largest absolute Gasteiger partial charge is 0.462 e. The van der Waals surface area contributed by atoms with Crippen molar-refractivity contribution >= 4 is 51.5 Å². The Morgan fingerprint density at radius 1 is 1.06 bits per heavy atom. The van der Waals surface area contributed by atoms with Gasteiger partial charge in [-0.05, 0) is 38.0 Å². The highest BCUT2D eigenvalue weighted by Crippen LogP contribution is 2.41. The zero-order valence-electron chi connectivity index (χ0n) is 19.8. The van der Waals surface area contributed by atoms with Gasteiger partial charge in [0.2, 0.25) is 0 Å². The number of nitrogens with one attached hydrogen (secondary N) is 1. The summed E-state index contributed by atoms with van der Waals surface area (Å²) in [5.41, 5.74) is 4.01. The number of aromatic nitrogens is 2. The number of fused-ring (bicyclic) bond motifs is 2. The van der Waals surface area contributed by atoms with E-state index in [0.717, 1.165) is 33.1 Å². The number of hydrogen-bond acceptors (Lipinski definition) is 4. The van der Waals surface area contributed by atoms with Gasteiger partial charge < -0.3 is 14.3 Å². The van der Waals surface area contributed by atoms with Crippen molar-refractivity contribution in [3.05, 3.63) is 82.5 Å². The summed E-state index contributed by atoms with van der Waals surface area (Å²) >= 11 is 0. The quantitative estimate of drug-likeness (QED) is 0.204. The Morgan fingerprint density at radius 3 is 2.43 bits per heavy atom. The number of esters is 1. The summed E-state index contributed by atoms with van der Waals surface area (Å²) in [5, 5.41) is 2.90. The standard InChI is InChI=1S/C29H26N2O4/c1-16(2)29(34)35-15-9-14-31-18(4)24(20-11-6-8-13-22(20)31)26-27(32)25(28(26)33)23-17(3)30-21-12-7-5-10-19(21)23/h5-8,10-13,26,30H,1,3,9,14-15H2,2,4H3. The summed E-state index contributed by atoms with van der Waals surface area (Å²) in [6.07, 6.45) is 0.599. The van der Waals surface area contributed by atoms with Gasteiger partial charge >= 0.3 is 5.97 Å². The number of rotatable bonds is 6. The number of hydrogen-bond donors (Lipinski definition) is 1. The second-order valence-corrected chi connectivity index (χ2v) is 9.00. The molecule has 0 atom stereocenters. The van der Waals surface area contributed by atoms with Gasteiger partial charge in [-0.25, -0.2) is 4.79 Å². The molecular formula is C29H26N2O4. The molecule has 2 aromatic carbocycles. The molecule has 2 aromatic heterocycles. The van der Waals surface area contributed by atoms with Gasteiger partial charge in [0.25, 0.3) is 0 Å². The Balaban J connectivity index is 1.52. The summed E-state index contributed by atoms with van der Waals surface area (Å²) in [5.74, 6) is -1.59. The van der Waals surface area contributed by atoms with Crippen molar-refractivity contribution in [2.45, 2.75) is 32.7 Å². The third kappa shape index (κ3) is 3.53. The summed E-state index contributed by atoms with van der Waals surface area (Å²) < 4.78 is 7.32. The number of benzene rings is 2. The zero-order chi connectivity index (χ0) is 24.9. The maximum Gasteiger partial charge on any atom is 0.333 e. The first kappa shape index (κ1) is 22.6. The van der Waals surface area contributed by atoms with Gasteiger partial charge in [-0.1, -0.05) is 49.6 Å². The van der Waals surface area contributed by atoms with Crippen molar-refractivity contribution in [1.82, 2.24) is 9.55 Å². The fourth-order valence-electron chi connectivity index (χ4n) is 5.06. The van der Waals surface area contributed by atoms with Gasteiger partial charge in [-0.2, -0.15) is 0 Å². The number of para-hydroxylation sites is 2. The fourth-order valence-corrected chi connectivity index (χ4v) is 5.06. The molecule has 2 heterocycles. The third-order valence-corrected chi connectivity index (χ3v) is 6.73. The molecule has 0 amide bonds. The van der Waals surface area contributed by atoms with Crippen molar-refractivity contribution in [3.63, 3.8) is 0 Å². The van der Waals surface area contributed by atoms with Gasteiger partial charge in [0.15, 0.2) is 11.6 Å². The van der Waals surface area contributed by atoms with Crippen molar-refractivity contribution in [2.24, 2.45) is 0 Å². The van der Waals surface area contributed by atoms with Gasteiger partial charge in [0.05, 0.1) is 12.2 Å². The molecule has 1 aliphatic rings. The van der Waals surface area contributed by atoms with E-state index in [4.69, 9.17) is 4.74 Å².